The number of nitrogens with one attached hydrogen (secondary N) is 1. The number of hydrogen-bond donors (Lipinski definition) is 2. The van der Waals surface area contributed by atoms with Gasteiger partial charge in [-0.2, -0.15) is 0 Å². The van der Waals surface area contributed by atoms with Crippen LogP contribution in [0.25, 0.3) is 0 Å². The van der Waals surface area contributed by atoms with Crippen molar-refractivity contribution in [1.82, 2.24) is 5.32 Å². The summed E-state index contributed by atoms with van der Waals surface area (Å²) in [7, 11) is 0. The predicted octanol–water partition coefficient (Wildman–Crippen LogP) is 3.88. The number of hydrogen-bond acceptors (Lipinski definition) is 2. The fourth-order valence-electron chi connectivity index (χ4n) is 3.24. The summed E-state index contributed by atoms with van der Waals surface area (Å²) in [5.41, 5.74) is 1.66. The Balaban J connectivity index is 1.87. The summed E-state index contributed by atoms with van der Waals surface area (Å²) in [4.78, 5) is 10.9. The van der Waals surface area contributed by atoms with E-state index in [9.17, 15) is 4.79 Å². The van der Waals surface area contributed by atoms with Gasteiger partial charge in [-0.1, -0.05) is 51.1 Å². The summed E-state index contributed by atoms with van der Waals surface area (Å²) in [6.45, 7) is 6.92. The molecule has 2 N–H and O–H groups in total. The number of benzene rings is 1. The van der Waals surface area contributed by atoms with E-state index in [1.165, 1.54) is 18.4 Å². The standard InChI is InChI=1S/C19H29NO2/c1-19(2,3)15-12-17(13-15)20-16(9-10-18(21)22)11-14-7-5-4-6-8-14/h4-8,15-17,20H,9-13H2,1-3H3,(H,21,22). The maximum absolute atomic E-state index is 10.9. The van der Waals surface area contributed by atoms with Crippen LogP contribution in [0, 0.1) is 11.3 Å². The summed E-state index contributed by atoms with van der Waals surface area (Å²) in [6, 6.07) is 11.1. The van der Waals surface area contributed by atoms with Crippen molar-refractivity contribution < 1.29 is 9.90 Å². The van der Waals surface area contributed by atoms with E-state index in [-0.39, 0.29) is 12.5 Å². The molecule has 0 aliphatic heterocycles. The van der Waals surface area contributed by atoms with Crippen LogP contribution in [0.2, 0.25) is 0 Å². The van der Waals surface area contributed by atoms with Crippen molar-refractivity contribution in [2.24, 2.45) is 11.3 Å². The fourth-order valence-corrected chi connectivity index (χ4v) is 3.24. The Morgan fingerprint density at radius 2 is 1.91 bits per heavy atom. The van der Waals surface area contributed by atoms with Gasteiger partial charge in [0.25, 0.3) is 0 Å². The molecule has 0 aromatic heterocycles. The van der Waals surface area contributed by atoms with Gasteiger partial charge in [0.1, 0.15) is 0 Å². The van der Waals surface area contributed by atoms with Crippen molar-refractivity contribution in [3.8, 4) is 0 Å². The third-order valence-electron chi connectivity index (χ3n) is 4.87. The normalized spacial score (nSPS) is 22.9. The highest BCUT2D eigenvalue weighted by Crippen LogP contribution is 2.41. The largest absolute Gasteiger partial charge is 0.481 e. The number of rotatable bonds is 7. The molecule has 0 amide bonds. The molecule has 1 aliphatic carbocycles. The lowest BCUT2D eigenvalue weighted by atomic mass is 9.66. The molecule has 0 radical (unpaired) electrons. The van der Waals surface area contributed by atoms with Crippen LogP contribution < -0.4 is 5.32 Å². The fraction of sp³-hybridized carbons (Fsp3) is 0.632. The summed E-state index contributed by atoms with van der Waals surface area (Å²) in [6.07, 6.45) is 4.26. The SMILES string of the molecule is CC(C)(C)C1CC(NC(CCC(=O)O)Cc2ccccc2)C1. The Morgan fingerprint density at radius 1 is 1.27 bits per heavy atom. The molecule has 3 nitrogen and oxygen atoms in total. The van der Waals surface area contributed by atoms with Crippen molar-refractivity contribution in [3.05, 3.63) is 35.9 Å². The van der Waals surface area contributed by atoms with Gasteiger partial charge in [0, 0.05) is 18.5 Å². The molecule has 22 heavy (non-hydrogen) atoms. The van der Waals surface area contributed by atoms with Crippen LogP contribution in [0.1, 0.15) is 52.0 Å². The third kappa shape index (κ3) is 5.13. The van der Waals surface area contributed by atoms with Crippen LogP contribution in [0.15, 0.2) is 30.3 Å². The molecular weight excluding hydrogens is 274 g/mol. The lowest BCUT2D eigenvalue weighted by molar-refractivity contribution is -0.137. The zero-order chi connectivity index (χ0) is 16.2. The summed E-state index contributed by atoms with van der Waals surface area (Å²) in [5, 5.41) is 12.7. The second-order valence-corrected chi connectivity index (χ2v) is 7.72. The Kier molecular flexibility index (Phi) is 5.63. The van der Waals surface area contributed by atoms with Crippen molar-refractivity contribution in [3.63, 3.8) is 0 Å². The van der Waals surface area contributed by atoms with E-state index in [4.69, 9.17) is 5.11 Å². The van der Waals surface area contributed by atoms with E-state index in [2.05, 4.69) is 38.2 Å². The van der Waals surface area contributed by atoms with Gasteiger partial charge in [0.15, 0.2) is 0 Å². The van der Waals surface area contributed by atoms with Crippen LogP contribution in [0.4, 0.5) is 0 Å². The van der Waals surface area contributed by atoms with E-state index < -0.39 is 5.97 Å². The van der Waals surface area contributed by atoms with Crippen LogP contribution in [0.5, 0.6) is 0 Å². The molecule has 0 heterocycles. The van der Waals surface area contributed by atoms with Crippen molar-refractivity contribution >= 4 is 5.97 Å². The summed E-state index contributed by atoms with van der Waals surface area (Å²) >= 11 is 0. The lowest BCUT2D eigenvalue weighted by Gasteiger charge is -2.45. The molecular formula is C19H29NO2. The van der Waals surface area contributed by atoms with E-state index in [1.807, 2.05) is 18.2 Å². The first-order chi connectivity index (χ1) is 10.3. The third-order valence-corrected chi connectivity index (χ3v) is 4.87. The summed E-state index contributed by atoms with van der Waals surface area (Å²) in [5.74, 6) is 0.0721. The number of carboxylic acids is 1. The highest BCUT2D eigenvalue weighted by molar-refractivity contribution is 5.66. The Labute approximate surface area is 134 Å². The van der Waals surface area contributed by atoms with E-state index in [0.29, 0.717) is 17.9 Å². The second kappa shape index (κ2) is 7.28. The number of carbonyl (C=O) groups is 1. The van der Waals surface area contributed by atoms with Gasteiger partial charge >= 0.3 is 5.97 Å². The molecule has 2 rings (SSSR count). The number of aliphatic carboxylic acids is 1. The molecule has 1 saturated carbocycles. The molecule has 1 unspecified atom stereocenters. The molecule has 1 aliphatic rings. The first-order valence-electron chi connectivity index (χ1n) is 8.36. The molecule has 1 aromatic rings. The van der Waals surface area contributed by atoms with Crippen LogP contribution >= 0.6 is 0 Å². The molecule has 1 fully saturated rings. The molecule has 1 atom stereocenters. The maximum Gasteiger partial charge on any atom is 0.303 e. The minimum absolute atomic E-state index is 0.236. The molecule has 3 heteroatoms. The zero-order valence-corrected chi connectivity index (χ0v) is 14.0. The van der Waals surface area contributed by atoms with Gasteiger partial charge < -0.3 is 10.4 Å². The van der Waals surface area contributed by atoms with Gasteiger partial charge in [0.05, 0.1) is 0 Å². The highest BCUT2D eigenvalue weighted by atomic mass is 16.4. The van der Waals surface area contributed by atoms with E-state index in [1.54, 1.807) is 0 Å². The number of carboxylic acid groups (broad SMARTS) is 1. The van der Waals surface area contributed by atoms with E-state index in [0.717, 1.165) is 12.3 Å². The second-order valence-electron chi connectivity index (χ2n) is 7.72. The Morgan fingerprint density at radius 3 is 2.45 bits per heavy atom. The molecule has 0 saturated heterocycles. The van der Waals surface area contributed by atoms with Crippen molar-refractivity contribution in [2.75, 3.05) is 0 Å². The maximum atomic E-state index is 10.9. The molecule has 1 aromatic carbocycles. The molecule has 0 spiro atoms. The summed E-state index contributed by atoms with van der Waals surface area (Å²) < 4.78 is 0. The van der Waals surface area contributed by atoms with E-state index >= 15 is 0 Å². The Bertz CT molecular complexity index is 472. The smallest absolute Gasteiger partial charge is 0.303 e. The minimum atomic E-state index is -0.707. The van der Waals surface area contributed by atoms with Gasteiger partial charge in [-0.05, 0) is 42.6 Å². The first-order valence-corrected chi connectivity index (χ1v) is 8.36. The monoisotopic (exact) mass is 303 g/mol. The van der Waals surface area contributed by atoms with Gasteiger partial charge in [0.2, 0.25) is 0 Å². The van der Waals surface area contributed by atoms with Crippen LogP contribution in [-0.2, 0) is 11.2 Å². The topological polar surface area (TPSA) is 49.3 Å². The molecule has 122 valence electrons. The average Bonchev–Trinajstić information content (AvgIpc) is 2.39. The quantitative estimate of drug-likeness (QED) is 0.803. The minimum Gasteiger partial charge on any atom is -0.481 e. The van der Waals surface area contributed by atoms with Crippen LogP contribution in [0.3, 0.4) is 0 Å². The van der Waals surface area contributed by atoms with Gasteiger partial charge in [-0.25, -0.2) is 0 Å². The lowest BCUT2D eigenvalue weighted by Crippen LogP contribution is -2.50. The first kappa shape index (κ1) is 17.0. The van der Waals surface area contributed by atoms with Gasteiger partial charge in [-0.15, -0.1) is 0 Å². The van der Waals surface area contributed by atoms with Gasteiger partial charge in [-0.3, -0.25) is 4.79 Å². The van der Waals surface area contributed by atoms with Crippen molar-refractivity contribution in [2.45, 2.75) is 65.0 Å². The van der Waals surface area contributed by atoms with Crippen molar-refractivity contribution in [1.29, 1.82) is 0 Å². The average molecular weight is 303 g/mol. The Hall–Kier alpha value is -1.35. The zero-order valence-electron chi connectivity index (χ0n) is 14.0. The highest BCUT2D eigenvalue weighted by Gasteiger charge is 2.37. The van der Waals surface area contributed by atoms with Crippen LogP contribution in [-0.4, -0.2) is 23.2 Å². The predicted molar refractivity (Wildman–Crippen MR) is 89.9 cm³/mol. The molecule has 0 bridgehead atoms.